The van der Waals surface area contributed by atoms with Gasteiger partial charge < -0.3 is 30.5 Å². The largest absolute Gasteiger partial charge is 0.497 e. The molecule has 4 N–H and O–H groups in total. The van der Waals surface area contributed by atoms with E-state index in [1.54, 1.807) is 35.8 Å². The Morgan fingerprint density at radius 1 is 1.30 bits per heavy atom. The average molecular weight is 574 g/mol. The number of aryl methyl sites for hydroxylation is 1. The summed E-state index contributed by atoms with van der Waals surface area (Å²) in [5.41, 5.74) is 1.11. The highest BCUT2D eigenvalue weighted by atomic mass is 32.2. The van der Waals surface area contributed by atoms with Crippen LogP contribution in [0.1, 0.15) is 50.1 Å². The van der Waals surface area contributed by atoms with Gasteiger partial charge in [-0.15, -0.1) is 11.8 Å². The van der Waals surface area contributed by atoms with Crippen LogP contribution in [-0.4, -0.2) is 81.1 Å². The first-order valence-corrected chi connectivity index (χ1v) is 14.1. The third-order valence-corrected chi connectivity index (χ3v) is 9.03. The number of anilines is 1. The molecule has 1 aromatic heterocycles. The molecule has 4 rings (SSSR count). The molecule has 5 atom stereocenters. The fraction of sp³-hybridized carbons (Fsp3) is 0.500. The summed E-state index contributed by atoms with van der Waals surface area (Å²) >= 11 is 1.60. The van der Waals surface area contributed by atoms with E-state index in [-0.39, 0.29) is 29.6 Å². The number of nitrogens with zero attached hydrogens (tertiary/aromatic N) is 3. The second-order valence-corrected chi connectivity index (χ2v) is 11.7. The number of piperidine rings is 1. The number of fused-ring (bicyclic) bond motifs is 1. The summed E-state index contributed by atoms with van der Waals surface area (Å²) in [5.74, 6) is -0.497. The Morgan fingerprint density at radius 2 is 2.05 bits per heavy atom. The van der Waals surface area contributed by atoms with Gasteiger partial charge in [-0.2, -0.15) is 0 Å². The monoisotopic (exact) mass is 573 g/mol. The van der Waals surface area contributed by atoms with Crippen molar-refractivity contribution in [3.8, 4) is 5.75 Å². The molecule has 216 valence electrons. The summed E-state index contributed by atoms with van der Waals surface area (Å²) in [7, 11) is 1.41. The molecule has 10 nitrogen and oxygen atoms in total. The van der Waals surface area contributed by atoms with Crippen molar-refractivity contribution in [2.45, 2.75) is 57.5 Å². The van der Waals surface area contributed by atoms with E-state index in [2.05, 4.69) is 20.6 Å². The second kappa shape index (κ2) is 12.1. The van der Waals surface area contributed by atoms with Crippen molar-refractivity contribution in [3.63, 3.8) is 0 Å². The number of likely N-dealkylation sites (tertiary alicyclic amines) is 1. The molecule has 0 saturated carbocycles. The van der Waals surface area contributed by atoms with Crippen molar-refractivity contribution in [3.05, 3.63) is 53.1 Å². The van der Waals surface area contributed by atoms with Crippen molar-refractivity contribution in [1.82, 2.24) is 20.2 Å². The van der Waals surface area contributed by atoms with Gasteiger partial charge in [0.05, 0.1) is 37.5 Å². The van der Waals surface area contributed by atoms with E-state index in [0.717, 1.165) is 16.2 Å². The Hall–Kier alpha value is -3.22. The minimum atomic E-state index is -0.867. The maximum absolute atomic E-state index is 14.0. The number of carbonyl (C=O) groups excluding carboxylic acids is 2. The zero-order valence-corrected chi connectivity index (χ0v) is 24.1. The number of benzene rings is 1. The number of ether oxygens (including phenoxy) is 1. The predicted molar refractivity (Wildman–Crippen MR) is 151 cm³/mol. The van der Waals surface area contributed by atoms with E-state index in [0.29, 0.717) is 24.5 Å². The zero-order valence-electron chi connectivity index (χ0n) is 23.3. The van der Waals surface area contributed by atoms with Gasteiger partial charge in [0.15, 0.2) is 0 Å². The summed E-state index contributed by atoms with van der Waals surface area (Å²) < 4.78 is 19.1. The molecule has 0 radical (unpaired) electrons. The van der Waals surface area contributed by atoms with Gasteiger partial charge in [-0.25, -0.2) is 14.4 Å². The van der Waals surface area contributed by atoms with Crippen LogP contribution in [-0.2, 0) is 9.59 Å². The lowest BCUT2D eigenvalue weighted by molar-refractivity contribution is -0.148. The molecule has 1 aromatic carbocycles. The van der Waals surface area contributed by atoms with Gasteiger partial charge in [-0.3, -0.25) is 9.59 Å². The van der Waals surface area contributed by atoms with Crippen LogP contribution in [0.15, 0.2) is 30.5 Å². The molecular weight excluding hydrogens is 537 g/mol. The Kier molecular flexibility index (Phi) is 9.01. The molecule has 0 aliphatic carbocycles. The van der Waals surface area contributed by atoms with Gasteiger partial charge in [0.25, 0.3) is 0 Å². The summed E-state index contributed by atoms with van der Waals surface area (Å²) in [6.45, 7) is 7.15. The lowest BCUT2D eigenvalue weighted by Crippen LogP contribution is -2.58. The van der Waals surface area contributed by atoms with Crippen LogP contribution in [0, 0.1) is 18.2 Å². The van der Waals surface area contributed by atoms with Gasteiger partial charge in [-0.1, -0.05) is 6.08 Å². The van der Waals surface area contributed by atoms with Crippen molar-refractivity contribution >= 4 is 34.4 Å². The third kappa shape index (κ3) is 5.93. The predicted octanol–water partition coefficient (Wildman–Crippen LogP) is 2.66. The van der Waals surface area contributed by atoms with Crippen LogP contribution in [0.3, 0.4) is 0 Å². The molecule has 2 aliphatic heterocycles. The number of aromatic nitrogens is 2. The zero-order chi connectivity index (χ0) is 29.2. The van der Waals surface area contributed by atoms with E-state index >= 15 is 0 Å². The standard InChI is InChI=1S/C28H36FN5O5S/c1-15-12-30-27(31-16(2)13-35)33-24(15)22-11-28(4)23(40-22)6-7-34(26(28)38)17(3)25(37)32-21(14-36)18-8-19(29)10-20(9-18)39-5/h8-12,16-17,21,23,35-36H,6-7,13-14H2,1-5H3,(H,32,37)(H,30,31,33)/t16-,17+,21+,23?,28?/m0/s1. The van der Waals surface area contributed by atoms with E-state index < -0.39 is 35.8 Å². The fourth-order valence-corrected chi connectivity index (χ4v) is 6.57. The van der Waals surface area contributed by atoms with Gasteiger partial charge in [-0.05, 0) is 57.4 Å². The molecule has 12 heteroatoms. The summed E-state index contributed by atoms with van der Waals surface area (Å²) in [6.07, 6.45) is 4.32. The Bertz CT molecular complexity index is 1310. The van der Waals surface area contributed by atoms with Crippen molar-refractivity contribution in [1.29, 1.82) is 0 Å². The third-order valence-electron chi connectivity index (χ3n) is 7.46. The topological polar surface area (TPSA) is 137 Å². The first-order chi connectivity index (χ1) is 19.0. The number of thioether (sulfide) groups is 1. The van der Waals surface area contributed by atoms with Crippen molar-refractivity contribution in [2.75, 3.05) is 32.2 Å². The van der Waals surface area contributed by atoms with Gasteiger partial charge in [0.1, 0.15) is 17.6 Å². The second-order valence-electron chi connectivity index (χ2n) is 10.5. The lowest BCUT2D eigenvalue weighted by Gasteiger charge is -2.42. The number of hydrogen-bond donors (Lipinski definition) is 4. The van der Waals surface area contributed by atoms with E-state index in [4.69, 9.17) is 4.74 Å². The first-order valence-electron chi connectivity index (χ1n) is 13.2. The Morgan fingerprint density at radius 3 is 2.73 bits per heavy atom. The van der Waals surface area contributed by atoms with Crippen LogP contribution >= 0.6 is 11.8 Å². The smallest absolute Gasteiger partial charge is 0.243 e. The molecule has 2 aromatic rings. The maximum Gasteiger partial charge on any atom is 0.243 e. The number of aliphatic hydroxyl groups excluding tert-OH is 2. The number of nitrogens with one attached hydrogen (secondary N) is 2. The number of amides is 2. The first kappa shape index (κ1) is 29.8. The molecule has 0 spiro atoms. The van der Waals surface area contributed by atoms with E-state index in [9.17, 15) is 24.2 Å². The molecular formula is C28H36FN5O5S. The van der Waals surface area contributed by atoms with E-state index in [1.807, 2.05) is 26.8 Å². The molecule has 40 heavy (non-hydrogen) atoms. The highest BCUT2D eigenvalue weighted by Gasteiger charge is 2.52. The Balaban J connectivity index is 1.52. The van der Waals surface area contributed by atoms with Gasteiger partial charge in [0, 0.05) is 35.0 Å². The summed E-state index contributed by atoms with van der Waals surface area (Å²) in [4.78, 5) is 38.5. The number of carbonyl (C=O) groups is 2. The molecule has 1 saturated heterocycles. The SMILES string of the molecule is COc1cc(F)cc([C@@H](CO)NC(=O)[C@@H](C)N2CCC3SC(c4nc(N[C@@H](C)CO)ncc4C)=CC3(C)C2=O)c1. The fourth-order valence-electron chi connectivity index (χ4n) is 4.99. The molecule has 0 bridgehead atoms. The minimum Gasteiger partial charge on any atom is -0.497 e. The molecule has 1 fully saturated rings. The number of methoxy groups -OCH3 is 1. The number of aliphatic hydroxyl groups is 2. The minimum absolute atomic E-state index is 0.0198. The summed E-state index contributed by atoms with van der Waals surface area (Å²) in [5, 5.41) is 25.1. The van der Waals surface area contributed by atoms with Crippen LogP contribution in [0.25, 0.3) is 4.91 Å². The van der Waals surface area contributed by atoms with Gasteiger partial charge >= 0.3 is 0 Å². The van der Waals surface area contributed by atoms with Gasteiger partial charge in [0.2, 0.25) is 17.8 Å². The number of hydrogen-bond acceptors (Lipinski definition) is 9. The molecule has 2 aliphatic rings. The van der Waals surface area contributed by atoms with Crippen LogP contribution in [0.4, 0.5) is 10.3 Å². The highest BCUT2D eigenvalue weighted by Crippen LogP contribution is 2.53. The van der Waals surface area contributed by atoms with Crippen molar-refractivity contribution < 1.29 is 28.9 Å². The van der Waals surface area contributed by atoms with E-state index in [1.165, 1.54) is 19.2 Å². The van der Waals surface area contributed by atoms with Crippen LogP contribution in [0.2, 0.25) is 0 Å². The lowest BCUT2D eigenvalue weighted by atomic mass is 9.79. The molecule has 2 unspecified atom stereocenters. The van der Waals surface area contributed by atoms with Crippen LogP contribution in [0.5, 0.6) is 5.75 Å². The quantitative estimate of drug-likeness (QED) is 0.338. The Labute approximate surface area is 237 Å². The number of rotatable bonds is 10. The normalized spacial score (nSPS) is 22.7. The molecule has 2 amide bonds. The summed E-state index contributed by atoms with van der Waals surface area (Å²) in [6, 6.07) is 2.10. The van der Waals surface area contributed by atoms with Crippen LogP contribution < -0.4 is 15.4 Å². The average Bonchev–Trinajstić information content (AvgIpc) is 3.30. The highest BCUT2D eigenvalue weighted by molar-refractivity contribution is 8.09. The maximum atomic E-state index is 14.0. The molecule has 3 heterocycles. The van der Waals surface area contributed by atoms with Crippen molar-refractivity contribution in [2.24, 2.45) is 5.41 Å². The number of halogens is 1.